The van der Waals surface area contributed by atoms with Crippen LogP contribution >= 0.6 is 0 Å². The average molecular weight is 220 g/mol. The fourth-order valence-electron chi connectivity index (χ4n) is 1.96. The highest BCUT2D eigenvalue weighted by atomic mass is 16.4. The van der Waals surface area contributed by atoms with Crippen LogP contribution in [-0.2, 0) is 4.79 Å². The Morgan fingerprint density at radius 2 is 2.00 bits per heavy atom. The molecule has 0 spiro atoms. The molecule has 1 aromatic carbocycles. The van der Waals surface area contributed by atoms with Crippen LogP contribution in [0.15, 0.2) is 18.2 Å². The predicted octanol–water partition coefficient (Wildman–Crippen LogP) is 3.66. The van der Waals surface area contributed by atoms with Gasteiger partial charge in [0.05, 0.1) is 6.42 Å². The van der Waals surface area contributed by atoms with Crippen LogP contribution in [0.3, 0.4) is 0 Å². The molecule has 0 saturated carbocycles. The van der Waals surface area contributed by atoms with Crippen LogP contribution in [0.2, 0.25) is 0 Å². The number of benzene rings is 1. The lowest BCUT2D eigenvalue weighted by Gasteiger charge is -2.15. The van der Waals surface area contributed by atoms with E-state index >= 15 is 0 Å². The van der Waals surface area contributed by atoms with Gasteiger partial charge in [-0.2, -0.15) is 0 Å². The van der Waals surface area contributed by atoms with Crippen molar-refractivity contribution in [3.8, 4) is 0 Å². The van der Waals surface area contributed by atoms with E-state index in [1.165, 1.54) is 11.1 Å². The van der Waals surface area contributed by atoms with E-state index in [9.17, 15) is 4.79 Å². The number of rotatable bonds is 5. The zero-order valence-corrected chi connectivity index (χ0v) is 10.3. The molecule has 2 nitrogen and oxygen atoms in total. The van der Waals surface area contributed by atoms with Gasteiger partial charge in [-0.15, -0.1) is 0 Å². The van der Waals surface area contributed by atoms with Crippen molar-refractivity contribution in [2.75, 3.05) is 0 Å². The fourth-order valence-corrected chi connectivity index (χ4v) is 1.96. The second-order valence-corrected chi connectivity index (χ2v) is 4.43. The Bertz CT molecular complexity index is 369. The zero-order chi connectivity index (χ0) is 12.1. The van der Waals surface area contributed by atoms with Crippen LogP contribution < -0.4 is 0 Å². The van der Waals surface area contributed by atoms with Crippen molar-refractivity contribution in [2.45, 2.75) is 46.0 Å². The topological polar surface area (TPSA) is 37.3 Å². The summed E-state index contributed by atoms with van der Waals surface area (Å²) in [6.07, 6.45) is 2.19. The van der Waals surface area contributed by atoms with Gasteiger partial charge in [0.1, 0.15) is 0 Å². The predicted molar refractivity (Wildman–Crippen MR) is 65.8 cm³/mol. The van der Waals surface area contributed by atoms with Crippen molar-refractivity contribution < 1.29 is 9.90 Å². The van der Waals surface area contributed by atoms with Crippen LogP contribution in [0.4, 0.5) is 0 Å². The van der Waals surface area contributed by atoms with E-state index in [-0.39, 0.29) is 12.3 Å². The molecule has 1 aromatic rings. The standard InChI is InChI=1S/C14H20O2/c1-4-5-12(9-14(15)16)13-7-6-10(2)11(3)8-13/h6-8,12H,4-5,9H2,1-3H3,(H,15,16). The molecule has 0 radical (unpaired) electrons. The number of carboxylic acid groups (broad SMARTS) is 1. The molecule has 1 atom stereocenters. The van der Waals surface area contributed by atoms with Crippen molar-refractivity contribution in [1.82, 2.24) is 0 Å². The molecule has 0 aliphatic heterocycles. The molecule has 0 fully saturated rings. The first-order valence-corrected chi connectivity index (χ1v) is 5.83. The van der Waals surface area contributed by atoms with Crippen LogP contribution in [0, 0.1) is 13.8 Å². The second kappa shape index (κ2) is 5.69. The summed E-state index contributed by atoms with van der Waals surface area (Å²) in [4.78, 5) is 10.8. The Kier molecular flexibility index (Phi) is 4.53. The first-order valence-electron chi connectivity index (χ1n) is 5.83. The molecule has 0 amide bonds. The summed E-state index contributed by atoms with van der Waals surface area (Å²) in [6, 6.07) is 6.26. The third kappa shape index (κ3) is 3.37. The largest absolute Gasteiger partial charge is 0.481 e. The Morgan fingerprint density at radius 3 is 2.50 bits per heavy atom. The van der Waals surface area contributed by atoms with Gasteiger partial charge in [0, 0.05) is 0 Å². The number of aliphatic carboxylic acids is 1. The molecule has 0 bridgehead atoms. The van der Waals surface area contributed by atoms with Crippen molar-refractivity contribution >= 4 is 5.97 Å². The normalized spacial score (nSPS) is 12.4. The lowest BCUT2D eigenvalue weighted by atomic mass is 9.89. The van der Waals surface area contributed by atoms with E-state index in [0.29, 0.717) is 0 Å². The molecular weight excluding hydrogens is 200 g/mol. The van der Waals surface area contributed by atoms with E-state index in [4.69, 9.17) is 5.11 Å². The van der Waals surface area contributed by atoms with E-state index in [0.717, 1.165) is 18.4 Å². The Labute approximate surface area is 97.3 Å². The van der Waals surface area contributed by atoms with Gasteiger partial charge in [-0.1, -0.05) is 31.5 Å². The molecule has 1 unspecified atom stereocenters. The number of hydrogen-bond acceptors (Lipinski definition) is 1. The summed E-state index contributed by atoms with van der Waals surface area (Å²) in [5, 5.41) is 8.90. The summed E-state index contributed by atoms with van der Waals surface area (Å²) in [5.41, 5.74) is 3.66. The van der Waals surface area contributed by atoms with E-state index in [1.54, 1.807) is 0 Å². The number of carbonyl (C=O) groups is 1. The number of aryl methyl sites for hydroxylation is 2. The SMILES string of the molecule is CCCC(CC(=O)O)c1ccc(C)c(C)c1. The Balaban J connectivity index is 2.91. The maximum atomic E-state index is 10.8. The molecule has 0 saturated heterocycles. The Morgan fingerprint density at radius 1 is 1.31 bits per heavy atom. The average Bonchev–Trinajstić information content (AvgIpc) is 2.21. The van der Waals surface area contributed by atoms with E-state index in [2.05, 4.69) is 39.0 Å². The van der Waals surface area contributed by atoms with Crippen LogP contribution in [-0.4, -0.2) is 11.1 Å². The molecule has 1 rings (SSSR count). The van der Waals surface area contributed by atoms with Crippen LogP contribution in [0.25, 0.3) is 0 Å². The van der Waals surface area contributed by atoms with Gasteiger partial charge in [-0.25, -0.2) is 0 Å². The highest BCUT2D eigenvalue weighted by molar-refractivity contribution is 5.68. The lowest BCUT2D eigenvalue weighted by Crippen LogP contribution is -2.06. The highest BCUT2D eigenvalue weighted by Crippen LogP contribution is 2.26. The monoisotopic (exact) mass is 220 g/mol. The third-order valence-corrected chi connectivity index (χ3v) is 3.06. The minimum atomic E-state index is -0.711. The highest BCUT2D eigenvalue weighted by Gasteiger charge is 2.14. The van der Waals surface area contributed by atoms with Crippen LogP contribution in [0.5, 0.6) is 0 Å². The third-order valence-electron chi connectivity index (χ3n) is 3.06. The summed E-state index contributed by atoms with van der Waals surface area (Å²) in [6.45, 7) is 6.24. The van der Waals surface area contributed by atoms with Crippen molar-refractivity contribution in [2.24, 2.45) is 0 Å². The van der Waals surface area contributed by atoms with Crippen molar-refractivity contribution in [3.63, 3.8) is 0 Å². The maximum Gasteiger partial charge on any atom is 0.303 e. The molecule has 1 N–H and O–H groups in total. The molecule has 2 heteroatoms. The molecule has 88 valence electrons. The minimum Gasteiger partial charge on any atom is -0.481 e. The molecule has 16 heavy (non-hydrogen) atoms. The molecule has 0 aliphatic rings. The quantitative estimate of drug-likeness (QED) is 0.822. The zero-order valence-electron chi connectivity index (χ0n) is 10.3. The van der Waals surface area contributed by atoms with Gasteiger partial charge in [0.25, 0.3) is 0 Å². The van der Waals surface area contributed by atoms with Gasteiger partial charge in [0.15, 0.2) is 0 Å². The summed E-state index contributed by atoms with van der Waals surface area (Å²) < 4.78 is 0. The molecular formula is C14H20O2. The van der Waals surface area contributed by atoms with Gasteiger partial charge >= 0.3 is 5.97 Å². The first kappa shape index (κ1) is 12.8. The van der Waals surface area contributed by atoms with E-state index in [1.807, 2.05) is 0 Å². The molecule has 0 heterocycles. The smallest absolute Gasteiger partial charge is 0.303 e. The lowest BCUT2D eigenvalue weighted by molar-refractivity contribution is -0.137. The van der Waals surface area contributed by atoms with Gasteiger partial charge in [-0.05, 0) is 42.9 Å². The second-order valence-electron chi connectivity index (χ2n) is 4.43. The number of carboxylic acids is 1. The van der Waals surface area contributed by atoms with Gasteiger partial charge < -0.3 is 5.11 Å². The van der Waals surface area contributed by atoms with E-state index < -0.39 is 5.97 Å². The number of hydrogen-bond donors (Lipinski definition) is 1. The Hall–Kier alpha value is -1.31. The first-order chi connectivity index (χ1) is 7.54. The van der Waals surface area contributed by atoms with Crippen molar-refractivity contribution in [1.29, 1.82) is 0 Å². The van der Waals surface area contributed by atoms with Crippen molar-refractivity contribution in [3.05, 3.63) is 34.9 Å². The fraction of sp³-hybridized carbons (Fsp3) is 0.500. The molecule has 0 aromatic heterocycles. The summed E-state index contributed by atoms with van der Waals surface area (Å²) in [7, 11) is 0. The minimum absolute atomic E-state index is 0.154. The maximum absolute atomic E-state index is 10.8. The molecule has 0 aliphatic carbocycles. The summed E-state index contributed by atoms with van der Waals surface area (Å²) in [5.74, 6) is -0.557. The summed E-state index contributed by atoms with van der Waals surface area (Å²) >= 11 is 0. The van der Waals surface area contributed by atoms with Crippen LogP contribution in [0.1, 0.15) is 48.8 Å². The van der Waals surface area contributed by atoms with Gasteiger partial charge in [-0.3, -0.25) is 4.79 Å². The van der Waals surface area contributed by atoms with Gasteiger partial charge in [0.2, 0.25) is 0 Å².